The lowest BCUT2D eigenvalue weighted by Gasteiger charge is -2.38. The zero-order valence-electron chi connectivity index (χ0n) is 17.8. The van der Waals surface area contributed by atoms with Gasteiger partial charge in [-0.05, 0) is 49.7 Å². The van der Waals surface area contributed by atoms with Crippen LogP contribution in [0.2, 0.25) is 0 Å². The van der Waals surface area contributed by atoms with Gasteiger partial charge in [-0.2, -0.15) is 5.10 Å². The SMILES string of the molecule is CC(C)Oc1ccc(C2=NN3C(C2)c2ccccc2OC3c2cccc([N+](=O)[O-])c2)cc1. The van der Waals surface area contributed by atoms with Crippen molar-refractivity contribution < 1.29 is 14.4 Å². The van der Waals surface area contributed by atoms with Gasteiger partial charge in [-0.1, -0.05) is 30.3 Å². The van der Waals surface area contributed by atoms with E-state index in [1.165, 1.54) is 6.07 Å². The van der Waals surface area contributed by atoms with Crippen LogP contribution in [0, 0.1) is 10.1 Å². The molecule has 2 heterocycles. The molecule has 0 spiro atoms. The standard InChI is InChI=1S/C25H23N3O4/c1-16(2)31-20-12-10-17(11-13-20)22-15-23-21-8-3-4-9-24(21)32-25(27(23)26-22)18-6-5-7-19(14-18)28(29)30/h3-14,16,23,25H,15H2,1-2H3. The van der Waals surface area contributed by atoms with E-state index in [2.05, 4.69) is 6.07 Å². The van der Waals surface area contributed by atoms with Crippen molar-refractivity contribution in [3.63, 3.8) is 0 Å². The fraction of sp³-hybridized carbons (Fsp3) is 0.240. The van der Waals surface area contributed by atoms with Gasteiger partial charge < -0.3 is 9.47 Å². The maximum Gasteiger partial charge on any atom is 0.269 e. The molecule has 0 aliphatic carbocycles. The summed E-state index contributed by atoms with van der Waals surface area (Å²) >= 11 is 0. The molecule has 3 aromatic rings. The fourth-order valence-corrected chi connectivity index (χ4v) is 4.22. The molecule has 2 aliphatic heterocycles. The Balaban J connectivity index is 1.52. The van der Waals surface area contributed by atoms with E-state index in [0.29, 0.717) is 5.56 Å². The molecule has 2 aliphatic rings. The van der Waals surface area contributed by atoms with Crippen molar-refractivity contribution in [2.24, 2.45) is 5.10 Å². The molecular formula is C25H23N3O4. The zero-order valence-corrected chi connectivity index (χ0v) is 17.8. The normalized spacial score (nSPS) is 19.1. The quantitative estimate of drug-likeness (QED) is 0.388. The number of ether oxygens (including phenoxy) is 2. The molecule has 3 aromatic carbocycles. The number of benzene rings is 3. The van der Waals surface area contributed by atoms with Gasteiger partial charge in [-0.25, -0.2) is 5.01 Å². The van der Waals surface area contributed by atoms with Crippen LogP contribution in [-0.4, -0.2) is 21.7 Å². The van der Waals surface area contributed by atoms with Gasteiger partial charge in [0.2, 0.25) is 6.23 Å². The Morgan fingerprint density at radius 1 is 1.09 bits per heavy atom. The smallest absolute Gasteiger partial charge is 0.269 e. The van der Waals surface area contributed by atoms with Crippen LogP contribution in [0.3, 0.4) is 0 Å². The molecule has 7 nitrogen and oxygen atoms in total. The summed E-state index contributed by atoms with van der Waals surface area (Å²) < 4.78 is 12.0. The van der Waals surface area contributed by atoms with Gasteiger partial charge in [0, 0.05) is 29.7 Å². The van der Waals surface area contributed by atoms with Gasteiger partial charge >= 0.3 is 0 Å². The average molecular weight is 429 g/mol. The number of nitrogens with zero attached hydrogens (tertiary/aromatic N) is 3. The zero-order chi connectivity index (χ0) is 22.2. The van der Waals surface area contributed by atoms with E-state index < -0.39 is 11.2 Å². The molecule has 2 unspecified atom stereocenters. The summed E-state index contributed by atoms with van der Waals surface area (Å²) in [6.07, 6.45) is 0.287. The summed E-state index contributed by atoms with van der Waals surface area (Å²) in [5.74, 6) is 1.60. The number of para-hydroxylation sites is 1. The topological polar surface area (TPSA) is 77.2 Å². The largest absolute Gasteiger partial charge is 0.491 e. The Labute approximate surface area is 186 Å². The van der Waals surface area contributed by atoms with Gasteiger partial charge in [0.15, 0.2) is 0 Å². The highest BCUT2D eigenvalue weighted by Gasteiger charge is 2.41. The number of nitro groups is 1. The van der Waals surface area contributed by atoms with E-state index in [9.17, 15) is 10.1 Å². The van der Waals surface area contributed by atoms with Crippen molar-refractivity contribution >= 4 is 11.4 Å². The second-order valence-electron chi connectivity index (χ2n) is 8.20. The molecule has 2 atom stereocenters. The molecule has 5 rings (SSSR count). The average Bonchev–Trinajstić information content (AvgIpc) is 3.24. The Morgan fingerprint density at radius 2 is 1.88 bits per heavy atom. The van der Waals surface area contributed by atoms with Crippen LogP contribution < -0.4 is 9.47 Å². The first-order valence-electron chi connectivity index (χ1n) is 10.6. The van der Waals surface area contributed by atoms with Gasteiger partial charge in [0.05, 0.1) is 22.8 Å². The number of hydrogen-bond donors (Lipinski definition) is 0. The van der Waals surface area contributed by atoms with Crippen molar-refractivity contribution in [1.29, 1.82) is 0 Å². The van der Waals surface area contributed by atoms with Crippen LogP contribution in [-0.2, 0) is 0 Å². The molecule has 0 amide bonds. The lowest BCUT2D eigenvalue weighted by atomic mass is 9.96. The number of rotatable bonds is 5. The van der Waals surface area contributed by atoms with Crippen molar-refractivity contribution in [2.75, 3.05) is 0 Å². The lowest BCUT2D eigenvalue weighted by molar-refractivity contribution is -0.385. The van der Waals surface area contributed by atoms with Gasteiger partial charge in [0.25, 0.3) is 5.69 Å². The summed E-state index contributed by atoms with van der Waals surface area (Å²) in [5, 5.41) is 18.1. The molecule has 0 saturated heterocycles. The number of hydrazone groups is 1. The van der Waals surface area contributed by atoms with E-state index in [0.717, 1.165) is 34.8 Å². The van der Waals surface area contributed by atoms with E-state index in [1.807, 2.05) is 67.4 Å². The van der Waals surface area contributed by atoms with Crippen LogP contribution in [0.5, 0.6) is 11.5 Å². The minimum Gasteiger partial charge on any atom is -0.491 e. The van der Waals surface area contributed by atoms with Gasteiger partial charge in [-0.3, -0.25) is 10.1 Å². The Bertz CT molecular complexity index is 1190. The number of hydrogen-bond acceptors (Lipinski definition) is 6. The molecule has 0 N–H and O–H groups in total. The minimum absolute atomic E-state index is 0.00852. The lowest BCUT2D eigenvalue weighted by Crippen LogP contribution is -2.33. The highest BCUT2D eigenvalue weighted by Crippen LogP contribution is 2.47. The van der Waals surface area contributed by atoms with Gasteiger partial charge in [0.1, 0.15) is 11.5 Å². The summed E-state index contributed by atoms with van der Waals surface area (Å²) in [5.41, 5.74) is 3.76. The Kier molecular flexibility index (Phi) is 5.01. The molecule has 32 heavy (non-hydrogen) atoms. The minimum atomic E-state index is -0.546. The second kappa shape index (κ2) is 8.00. The molecule has 0 fully saturated rings. The van der Waals surface area contributed by atoms with Crippen LogP contribution in [0.25, 0.3) is 0 Å². The van der Waals surface area contributed by atoms with Gasteiger partial charge in [-0.15, -0.1) is 0 Å². The third-order valence-electron chi connectivity index (χ3n) is 5.62. The first-order valence-corrected chi connectivity index (χ1v) is 10.6. The summed E-state index contributed by atoms with van der Waals surface area (Å²) in [7, 11) is 0. The van der Waals surface area contributed by atoms with Crippen molar-refractivity contribution in [1.82, 2.24) is 5.01 Å². The molecule has 162 valence electrons. The van der Waals surface area contributed by atoms with E-state index in [-0.39, 0.29) is 17.8 Å². The molecule has 0 aromatic heterocycles. The first kappa shape index (κ1) is 20.1. The van der Waals surface area contributed by atoms with Crippen molar-refractivity contribution in [3.05, 3.63) is 99.6 Å². The summed E-state index contributed by atoms with van der Waals surface area (Å²) in [6.45, 7) is 4.00. The van der Waals surface area contributed by atoms with E-state index in [4.69, 9.17) is 14.6 Å². The maximum atomic E-state index is 11.3. The van der Waals surface area contributed by atoms with Crippen LogP contribution in [0.15, 0.2) is 77.9 Å². The second-order valence-corrected chi connectivity index (χ2v) is 8.20. The molecule has 0 saturated carbocycles. The Morgan fingerprint density at radius 3 is 2.62 bits per heavy atom. The summed E-state index contributed by atoms with van der Waals surface area (Å²) in [4.78, 5) is 10.9. The molecule has 0 radical (unpaired) electrons. The first-order chi connectivity index (χ1) is 15.5. The highest BCUT2D eigenvalue weighted by atomic mass is 16.6. The number of non-ortho nitro benzene ring substituents is 1. The van der Waals surface area contributed by atoms with Crippen molar-refractivity contribution in [3.8, 4) is 11.5 Å². The number of nitro benzene ring substituents is 1. The van der Waals surface area contributed by atoms with Crippen LogP contribution >= 0.6 is 0 Å². The van der Waals surface area contributed by atoms with E-state index >= 15 is 0 Å². The van der Waals surface area contributed by atoms with Crippen molar-refractivity contribution in [2.45, 2.75) is 38.6 Å². The summed E-state index contributed by atoms with van der Waals surface area (Å²) in [6, 6.07) is 22.4. The third kappa shape index (κ3) is 3.66. The number of fused-ring (bicyclic) bond motifs is 3. The van der Waals surface area contributed by atoms with Crippen LogP contribution in [0.4, 0.5) is 5.69 Å². The van der Waals surface area contributed by atoms with Crippen LogP contribution in [0.1, 0.15) is 49.2 Å². The Hall–Kier alpha value is -3.87. The molecular weight excluding hydrogens is 406 g/mol. The fourth-order valence-electron chi connectivity index (χ4n) is 4.22. The maximum absolute atomic E-state index is 11.3. The molecule has 0 bridgehead atoms. The van der Waals surface area contributed by atoms with E-state index in [1.54, 1.807) is 12.1 Å². The molecule has 7 heteroatoms. The highest BCUT2D eigenvalue weighted by molar-refractivity contribution is 6.02. The predicted molar refractivity (Wildman–Crippen MR) is 121 cm³/mol. The third-order valence-corrected chi connectivity index (χ3v) is 5.62. The monoisotopic (exact) mass is 429 g/mol. The predicted octanol–water partition coefficient (Wildman–Crippen LogP) is 5.62.